The highest BCUT2D eigenvalue weighted by molar-refractivity contribution is 6.10. The summed E-state index contributed by atoms with van der Waals surface area (Å²) in [4.78, 5) is 7.10. The van der Waals surface area contributed by atoms with Crippen molar-refractivity contribution in [1.29, 1.82) is 0 Å². The molecule has 4 heteroatoms. The molecule has 0 atom stereocenters. The quantitative estimate of drug-likeness (QED) is 0.189. The number of anilines is 3. The average molecular weight is 605 g/mol. The van der Waals surface area contributed by atoms with Crippen LogP contribution in [0.5, 0.6) is 0 Å². The number of aromatic nitrogens is 1. The second-order valence-electron chi connectivity index (χ2n) is 11.6. The summed E-state index contributed by atoms with van der Waals surface area (Å²) in [5.41, 5.74) is 11.8. The van der Waals surface area contributed by atoms with Crippen LogP contribution in [0.4, 0.5) is 17.1 Å². The van der Waals surface area contributed by atoms with E-state index in [4.69, 9.17) is 13.8 Å². The second kappa shape index (κ2) is 11.2. The molecule has 2 aromatic heterocycles. The van der Waals surface area contributed by atoms with E-state index in [-0.39, 0.29) is 0 Å². The Morgan fingerprint density at radius 1 is 0.404 bits per heavy atom. The Hall–Kier alpha value is -6.39. The first-order chi connectivity index (χ1) is 23.3. The molecule has 0 unspecified atom stereocenters. The molecule has 9 rings (SSSR count). The third kappa shape index (κ3) is 4.84. The molecular formula is C43H28N2O2. The highest BCUT2D eigenvalue weighted by Gasteiger charge is 2.20. The van der Waals surface area contributed by atoms with Gasteiger partial charge in [0.25, 0.3) is 0 Å². The van der Waals surface area contributed by atoms with Crippen LogP contribution in [0, 0.1) is 0 Å². The molecule has 4 nitrogen and oxygen atoms in total. The van der Waals surface area contributed by atoms with E-state index >= 15 is 0 Å². The van der Waals surface area contributed by atoms with Crippen LogP contribution >= 0.6 is 0 Å². The molecule has 0 saturated heterocycles. The fourth-order valence-corrected chi connectivity index (χ4v) is 6.42. The molecule has 0 fully saturated rings. The average Bonchev–Trinajstić information content (AvgIpc) is 3.72. The summed E-state index contributed by atoms with van der Waals surface area (Å²) >= 11 is 0. The van der Waals surface area contributed by atoms with E-state index in [1.54, 1.807) is 0 Å². The Balaban J connectivity index is 1.20. The highest BCUT2D eigenvalue weighted by atomic mass is 16.4. The minimum atomic E-state index is 0.603. The number of para-hydroxylation sites is 1. The van der Waals surface area contributed by atoms with Crippen molar-refractivity contribution in [2.75, 3.05) is 4.90 Å². The first kappa shape index (κ1) is 27.0. The van der Waals surface area contributed by atoms with Crippen molar-refractivity contribution in [2.45, 2.75) is 0 Å². The van der Waals surface area contributed by atoms with Gasteiger partial charge in [-0.05, 0) is 71.3 Å². The molecule has 222 valence electrons. The minimum Gasteiger partial charge on any atom is -0.456 e. The molecule has 0 bridgehead atoms. The Morgan fingerprint density at radius 2 is 1.04 bits per heavy atom. The number of rotatable bonds is 6. The molecule has 0 spiro atoms. The van der Waals surface area contributed by atoms with Crippen molar-refractivity contribution in [2.24, 2.45) is 0 Å². The predicted molar refractivity (Wildman–Crippen MR) is 192 cm³/mol. The van der Waals surface area contributed by atoms with Gasteiger partial charge in [-0.1, -0.05) is 103 Å². The lowest BCUT2D eigenvalue weighted by Crippen LogP contribution is -2.11. The van der Waals surface area contributed by atoms with Gasteiger partial charge < -0.3 is 13.7 Å². The number of nitrogens with zero attached hydrogens (tertiary/aromatic N) is 2. The van der Waals surface area contributed by atoms with Crippen molar-refractivity contribution in [3.63, 3.8) is 0 Å². The van der Waals surface area contributed by atoms with E-state index in [0.717, 1.165) is 61.2 Å². The lowest BCUT2D eigenvalue weighted by Gasteiger charge is -2.28. The molecule has 0 radical (unpaired) electrons. The molecular weight excluding hydrogens is 576 g/mol. The predicted octanol–water partition coefficient (Wildman–Crippen LogP) is 12.2. The minimum absolute atomic E-state index is 0.603. The van der Waals surface area contributed by atoms with E-state index < -0.39 is 0 Å². The van der Waals surface area contributed by atoms with Gasteiger partial charge in [0.15, 0.2) is 5.58 Å². The van der Waals surface area contributed by atoms with E-state index in [9.17, 15) is 0 Å². The second-order valence-corrected chi connectivity index (χ2v) is 11.6. The number of furan rings is 1. The van der Waals surface area contributed by atoms with Crippen molar-refractivity contribution < 1.29 is 8.83 Å². The maximum Gasteiger partial charge on any atom is 0.227 e. The lowest BCUT2D eigenvalue weighted by atomic mass is 9.96. The van der Waals surface area contributed by atoms with Gasteiger partial charge in [-0.3, -0.25) is 0 Å². The van der Waals surface area contributed by atoms with Gasteiger partial charge in [0.2, 0.25) is 5.89 Å². The van der Waals surface area contributed by atoms with E-state index in [1.807, 2.05) is 42.5 Å². The summed E-state index contributed by atoms with van der Waals surface area (Å²) < 4.78 is 12.7. The Kier molecular flexibility index (Phi) is 6.43. The van der Waals surface area contributed by atoms with Gasteiger partial charge in [-0.25, -0.2) is 4.98 Å². The molecule has 0 N–H and O–H groups in total. The molecule has 9 aromatic rings. The monoisotopic (exact) mass is 604 g/mol. The Morgan fingerprint density at radius 3 is 1.77 bits per heavy atom. The van der Waals surface area contributed by atoms with Crippen molar-refractivity contribution >= 4 is 50.1 Å². The maximum atomic E-state index is 6.52. The van der Waals surface area contributed by atoms with Gasteiger partial charge in [-0.15, -0.1) is 0 Å². The van der Waals surface area contributed by atoms with Crippen LogP contribution in [-0.4, -0.2) is 4.98 Å². The molecule has 0 aliphatic carbocycles. The van der Waals surface area contributed by atoms with Crippen LogP contribution in [0.15, 0.2) is 179 Å². The molecule has 2 heterocycles. The number of benzene rings is 7. The number of hydrogen-bond donors (Lipinski definition) is 0. The molecule has 0 aliphatic heterocycles. The van der Waals surface area contributed by atoms with Gasteiger partial charge in [0, 0.05) is 45.4 Å². The zero-order chi connectivity index (χ0) is 31.2. The summed E-state index contributed by atoms with van der Waals surface area (Å²) in [6, 6.07) is 58.8. The Bertz CT molecular complexity index is 2500. The van der Waals surface area contributed by atoms with Gasteiger partial charge in [0.1, 0.15) is 16.7 Å². The number of oxazole rings is 1. The van der Waals surface area contributed by atoms with Crippen molar-refractivity contribution in [3.05, 3.63) is 170 Å². The van der Waals surface area contributed by atoms with Crippen LogP contribution in [0.1, 0.15) is 0 Å². The van der Waals surface area contributed by atoms with Crippen LogP contribution in [0.3, 0.4) is 0 Å². The van der Waals surface area contributed by atoms with Gasteiger partial charge >= 0.3 is 0 Å². The first-order valence-electron chi connectivity index (χ1n) is 15.7. The fourth-order valence-electron chi connectivity index (χ4n) is 6.42. The molecule has 0 amide bonds. The van der Waals surface area contributed by atoms with Gasteiger partial charge in [-0.2, -0.15) is 0 Å². The maximum absolute atomic E-state index is 6.52. The van der Waals surface area contributed by atoms with Crippen LogP contribution in [0.25, 0.3) is 66.7 Å². The first-order valence-corrected chi connectivity index (χ1v) is 15.7. The third-order valence-electron chi connectivity index (χ3n) is 8.69. The van der Waals surface area contributed by atoms with Crippen molar-refractivity contribution in [3.8, 4) is 33.7 Å². The SMILES string of the molecule is c1ccc(-c2ccc(N(c3ccccc3)c3ccc4c(c3)oc3cc5oc(-c6ccccc6)nc5cc34)c(-c3ccccc3)c2)cc1. The smallest absolute Gasteiger partial charge is 0.227 e. The van der Waals surface area contributed by atoms with Crippen LogP contribution in [0.2, 0.25) is 0 Å². The largest absolute Gasteiger partial charge is 0.456 e. The number of fused-ring (bicyclic) bond motifs is 4. The van der Waals surface area contributed by atoms with E-state index in [2.05, 4.69) is 132 Å². The van der Waals surface area contributed by atoms with Crippen LogP contribution in [-0.2, 0) is 0 Å². The Labute approximate surface area is 271 Å². The van der Waals surface area contributed by atoms with E-state index in [0.29, 0.717) is 11.5 Å². The normalized spacial score (nSPS) is 11.4. The highest BCUT2D eigenvalue weighted by Crippen LogP contribution is 2.44. The summed E-state index contributed by atoms with van der Waals surface area (Å²) in [6.07, 6.45) is 0. The van der Waals surface area contributed by atoms with E-state index in [1.165, 1.54) is 11.1 Å². The molecule has 0 saturated carbocycles. The third-order valence-corrected chi connectivity index (χ3v) is 8.69. The van der Waals surface area contributed by atoms with Gasteiger partial charge in [0.05, 0.1) is 5.69 Å². The zero-order valence-corrected chi connectivity index (χ0v) is 25.4. The summed E-state index contributed by atoms with van der Waals surface area (Å²) in [6.45, 7) is 0. The fraction of sp³-hybridized carbons (Fsp3) is 0. The van der Waals surface area contributed by atoms with Crippen molar-refractivity contribution in [1.82, 2.24) is 4.98 Å². The summed E-state index contributed by atoms with van der Waals surface area (Å²) in [7, 11) is 0. The summed E-state index contributed by atoms with van der Waals surface area (Å²) in [5, 5.41) is 2.04. The lowest BCUT2D eigenvalue weighted by molar-refractivity contribution is 0.617. The molecule has 7 aromatic carbocycles. The molecule has 47 heavy (non-hydrogen) atoms. The number of hydrogen-bond acceptors (Lipinski definition) is 4. The zero-order valence-electron chi connectivity index (χ0n) is 25.4. The standard InChI is InChI=1S/C43H28N2O2/c1-5-13-29(14-6-1)32-21-24-39(36(25-32)30-15-7-2-8-16-30)45(33-19-11-4-12-20-33)34-22-23-35-37-27-38-42(28-41(37)46-40(35)26-34)47-43(44-38)31-17-9-3-10-18-31/h1-28H. The molecule has 0 aliphatic rings. The topological polar surface area (TPSA) is 42.4 Å². The summed E-state index contributed by atoms with van der Waals surface area (Å²) in [5.74, 6) is 0.603. The van der Waals surface area contributed by atoms with Crippen LogP contribution < -0.4 is 4.90 Å².